The van der Waals surface area contributed by atoms with Crippen LogP contribution in [0.3, 0.4) is 0 Å². The summed E-state index contributed by atoms with van der Waals surface area (Å²) in [5.74, 6) is 0.474. The molecular weight excluding hydrogens is 397 g/mol. The van der Waals surface area contributed by atoms with Crippen molar-refractivity contribution in [2.24, 2.45) is 0 Å². The summed E-state index contributed by atoms with van der Waals surface area (Å²) in [5.41, 5.74) is 3.38. The molecule has 0 aliphatic heterocycles. The Morgan fingerprint density at radius 1 is 1.14 bits per heavy atom. The number of aromatic nitrogens is 2. The van der Waals surface area contributed by atoms with Crippen molar-refractivity contribution in [2.75, 3.05) is 0 Å². The number of hydrogen-bond acceptors (Lipinski definition) is 3. The van der Waals surface area contributed by atoms with E-state index < -0.39 is 0 Å². The zero-order chi connectivity index (χ0) is 20.1. The minimum absolute atomic E-state index is 0.172. The van der Waals surface area contributed by atoms with E-state index in [0.29, 0.717) is 41.1 Å². The molecule has 1 aromatic heterocycles. The number of ether oxygens (including phenoxy) is 1. The van der Waals surface area contributed by atoms with Crippen molar-refractivity contribution >= 4 is 29.1 Å². The van der Waals surface area contributed by atoms with Gasteiger partial charge in [-0.25, -0.2) is 0 Å². The summed E-state index contributed by atoms with van der Waals surface area (Å²) >= 11 is 12.3. The van der Waals surface area contributed by atoms with Gasteiger partial charge in [-0.15, -0.1) is 0 Å². The molecule has 3 aromatic rings. The van der Waals surface area contributed by atoms with Gasteiger partial charge in [-0.2, -0.15) is 5.10 Å². The second kappa shape index (κ2) is 9.13. The van der Waals surface area contributed by atoms with Crippen molar-refractivity contribution < 1.29 is 9.53 Å². The molecule has 0 atom stereocenters. The topological polar surface area (TPSA) is 56.2 Å². The van der Waals surface area contributed by atoms with Crippen LogP contribution in [0.25, 0.3) is 0 Å². The van der Waals surface area contributed by atoms with Gasteiger partial charge in [0.2, 0.25) is 0 Å². The molecule has 0 fully saturated rings. The first-order valence-corrected chi connectivity index (χ1v) is 9.69. The molecule has 1 N–H and O–H groups in total. The lowest BCUT2D eigenvalue weighted by Crippen LogP contribution is -2.24. The maximum absolute atomic E-state index is 12.4. The summed E-state index contributed by atoms with van der Waals surface area (Å²) in [6.07, 6.45) is 1.59. The molecule has 0 spiro atoms. The fraction of sp³-hybridized carbons (Fsp3) is 0.238. The van der Waals surface area contributed by atoms with Crippen molar-refractivity contribution in [1.82, 2.24) is 15.1 Å². The Morgan fingerprint density at radius 3 is 2.61 bits per heavy atom. The van der Waals surface area contributed by atoms with Crippen molar-refractivity contribution in [3.63, 3.8) is 0 Å². The lowest BCUT2D eigenvalue weighted by atomic mass is 10.1. The number of rotatable bonds is 7. The summed E-state index contributed by atoms with van der Waals surface area (Å²) in [6, 6.07) is 12.9. The molecular formula is C21H21Cl2N3O2. The van der Waals surface area contributed by atoms with Crippen LogP contribution in [0.15, 0.2) is 48.7 Å². The van der Waals surface area contributed by atoms with Gasteiger partial charge in [0, 0.05) is 12.1 Å². The molecule has 1 heterocycles. The van der Waals surface area contributed by atoms with E-state index in [2.05, 4.69) is 10.4 Å². The molecule has 28 heavy (non-hydrogen) atoms. The van der Waals surface area contributed by atoms with E-state index >= 15 is 0 Å². The van der Waals surface area contributed by atoms with Gasteiger partial charge in [-0.05, 0) is 49.2 Å². The van der Waals surface area contributed by atoms with Crippen LogP contribution >= 0.6 is 23.2 Å². The lowest BCUT2D eigenvalue weighted by Gasteiger charge is -2.10. The highest BCUT2D eigenvalue weighted by Crippen LogP contribution is 2.26. The number of hydrogen-bond donors (Lipinski definition) is 1. The third kappa shape index (κ3) is 4.86. The zero-order valence-electron chi connectivity index (χ0n) is 15.7. The molecule has 0 unspecified atom stereocenters. The SMILES string of the molecule is CCn1ncc(Cl)c1CNC(=O)c1ccc(COc2cc(C)ccc2Cl)cc1. The Morgan fingerprint density at radius 2 is 1.89 bits per heavy atom. The van der Waals surface area contributed by atoms with E-state index in [-0.39, 0.29) is 5.91 Å². The van der Waals surface area contributed by atoms with Crippen LogP contribution < -0.4 is 10.1 Å². The fourth-order valence-corrected chi connectivity index (χ4v) is 3.12. The highest BCUT2D eigenvalue weighted by molar-refractivity contribution is 6.32. The van der Waals surface area contributed by atoms with Crippen molar-refractivity contribution in [1.29, 1.82) is 0 Å². The molecule has 0 radical (unpaired) electrons. The molecule has 1 amide bonds. The predicted molar refractivity (Wildman–Crippen MR) is 111 cm³/mol. The van der Waals surface area contributed by atoms with Gasteiger partial charge >= 0.3 is 0 Å². The van der Waals surface area contributed by atoms with Crippen LogP contribution in [0.2, 0.25) is 10.0 Å². The van der Waals surface area contributed by atoms with E-state index in [4.69, 9.17) is 27.9 Å². The van der Waals surface area contributed by atoms with E-state index in [1.54, 1.807) is 23.0 Å². The van der Waals surface area contributed by atoms with E-state index in [9.17, 15) is 4.79 Å². The van der Waals surface area contributed by atoms with E-state index in [1.807, 2.05) is 44.2 Å². The molecule has 0 saturated heterocycles. The van der Waals surface area contributed by atoms with Crippen molar-refractivity contribution in [3.8, 4) is 5.75 Å². The Kier molecular flexibility index (Phi) is 6.60. The van der Waals surface area contributed by atoms with Crippen LogP contribution in [0.5, 0.6) is 5.75 Å². The smallest absolute Gasteiger partial charge is 0.251 e. The third-order valence-electron chi connectivity index (χ3n) is 4.31. The largest absolute Gasteiger partial charge is 0.487 e. The quantitative estimate of drug-likeness (QED) is 0.586. The molecule has 0 bridgehead atoms. The monoisotopic (exact) mass is 417 g/mol. The average Bonchev–Trinajstić information content (AvgIpc) is 3.06. The summed E-state index contributed by atoms with van der Waals surface area (Å²) in [7, 11) is 0. The van der Waals surface area contributed by atoms with Gasteiger partial charge in [0.1, 0.15) is 12.4 Å². The highest BCUT2D eigenvalue weighted by Gasteiger charge is 2.11. The predicted octanol–water partition coefficient (Wildman–Crippen LogP) is 5.03. The van der Waals surface area contributed by atoms with Crippen LogP contribution in [-0.4, -0.2) is 15.7 Å². The van der Waals surface area contributed by atoms with Crippen molar-refractivity contribution in [2.45, 2.75) is 33.5 Å². The number of carbonyl (C=O) groups is 1. The van der Waals surface area contributed by atoms with Gasteiger partial charge in [-0.3, -0.25) is 9.48 Å². The maximum Gasteiger partial charge on any atom is 0.251 e. The first kappa shape index (κ1) is 20.2. The van der Waals surface area contributed by atoms with E-state index in [1.165, 1.54) is 0 Å². The Bertz CT molecular complexity index is 968. The number of benzene rings is 2. The standard InChI is InChI=1S/C21H21Cl2N3O2/c1-3-26-19(18(23)11-25-26)12-24-21(27)16-7-5-15(6-8-16)13-28-20-10-14(2)4-9-17(20)22/h4-11H,3,12-13H2,1-2H3,(H,24,27). The van der Waals surface area contributed by atoms with Crippen LogP contribution in [-0.2, 0) is 19.7 Å². The van der Waals surface area contributed by atoms with Crippen LogP contribution in [0.1, 0.15) is 34.1 Å². The number of nitrogens with one attached hydrogen (secondary N) is 1. The summed E-state index contributed by atoms with van der Waals surface area (Å²) < 4.78 is 7.55. The first-order chi connectivity index (χ1) is 13.5. The Hall–Kier alpha value is -2.50. The van der Waals surface area contributed by atoms with Gasteiger partial charge in [-0.1, -0.05) is 41.4 Å². The molecule has 2 aromatic carbocycles. The minimum atomic E-state index is -0.172. The maximum atomic E-state index is 12.4. The Balaban J connectivity index is 1.58. The van der Waals surface area contributed by atoms with Crippen molar-refractivity contribution in [3.05, 3.63) is 81.1 Å². The fourth-order valence-electron chi connectivity index (χ4n) is 2.74. The average molecular weight is 418 g/mol. The normalized spacial score (nSPS) is 10.7. The lowest BCUT2D eigenvalue weighted by molar-refractivity contribution is 0.0950. The van der Waals surface area contributed by atoms with Crippen LogP contribution in [0.4, 0.5) is 0 Å². The van der Waals surface area contributed by atoms with E-state index in [0.717, 1.165) is 16.8 Å². The molecule has 146 valence electrons. The molecule has 3 rings (SSSR count). The third-order valence-corrected chi connectivity index (χ3v) is 4.94. The number of aryl methyl sites for hydroxylation is 2. The number of amides is 1. The van der Waals surface area contributed by atoms with Gasteiger partial charge in [0.25, 0.3) is 5.91 Å². The molecule has 7 heteroatoms. The second-order valence-corrected chi connectivity index (χ2v) is 7.17. The van der Waals surface area contributed by atoms with Gasteiger partial charge < -0.3 is 10.1 Å². The molecule has 0 saturated carbocycles. The second-order valence-electron chi connectivity index (χ2n) is 6.36. The molecule has 5 nitrogen and oxygen atoms in total. The number of halogens is 2. The minimum Gasteiger partial charge on any atom is -0.487 e. The molecule has 0 aliphatic rings. The van der Waals surface area contributed by atoms with Crippen LogP contribution in [0, 0.1) is 6.92 Å². The number of carbonyl (C=O) groups excluding carboxylic acids is 1. The van der Waals surface area contributed by atoms with Gasteiger partial charge in [0.05, 0.1) is 28.5 Å². The summed E-state index contributed by atoms with van der Waals surface area (Å²) in [5, 5.41) is 8.16. The molecule has 0 aliphatic carbocycles. The summed E-state index contributed by atoms with van der Waals surface area (Å²) in [6.45, 7) is 5.34. The highest BCUT2D eigenvalue weighted by atomic mass is 35.5. The summed E-state index contributed by atoms with van der Waals surface area (Å²) in [4.78, 5) is 12.4. The zero-order valence-corrected chi connectivity index (χ0v) is 17.2. The van der Waals surface area contributed by atoms with Gasteiger partial charge in [0.15, 0.2) is 0 Å². The first-order valence-electron chi connectivity index (χ1n) is 8.94. The Labute approximate surface area is 174 Å². The number of nitrogens with zero attached hydrogens (tertiary/aromatic N) is 2.